The van der Waals surface area contributed by atoms with E-state index in [1.54, 1.807) is 12.0 Å². The molecular formula is C11H15Cl2N3O2. The summed E-state index contributed by atoms with van der Waals surface area (Å²) in [6, 6.07) is 1.44. The lowest BCUT2D eigenvalue weighted by atomic mass is 10.2. The van der Waals surface area contributed by atoms with Gasteiger partial charge in [0.1, 0.15) is 0 Å². The fourth-order valence-corrected chi connectivity index (χ4v) is 1.76. The van der Waals surface area contributed by atoms with Crippen LogP contribution in [0.5, 0.6) is 0 Å². The molecule has 7 heteroatoms. The van der Waals surface area contributed by atoms with Crippen molar-refractivity contribution in [2.45, 2.75) is 19.9 Å². The minimum atomic E-state index is -0.233. The van der Waals surface area contributed by atoms with Gasteiger partial charge in [-0.1, -0.05) is 23.2 Å². The van der Waals surface area contributed by atoms with E-state index in [4.69, 9.17) is 27.9 Å². The molecule has 0 fully saturated rings. The van der Waals surface area contributed by atoms with Crippen molar-refractivity contribution in [3.63, 3.8) is 0 Å². The quantitative estimate of drug-likeness (QED) is 0.835. The van der Waals surface area contributed by atoms with Gasteiger partial charge in [0, 0.05) is 19.7 Å². The second kappa shape index (κ2) is 6.87. The Morgan fingerprint density at radius 1 is 1.44 bits per heavy atom. The topological polar surface area (TPSA) is 55.3 Å². The molecule has 0 unspecified atom stereocenters. The average Bonchev–Trinajstić information content (AvgIpc) is 2.32. The number of halogens is 2. The predicted molar refractivity (Wildman–Crippen MR) is 70.1 cm³/mol. The minimum Gasteiger partial charge on any atom is -0.383 e. The number of amides is 1. The zero-order chi connectivity index (χ0) is 13.7. The highest BCUT2D eigenvalue weighted by Gasteiger charge is 2.22. The molecule has 1 rings (SSSR count). The average molecular weight is 292 g/mol. The highest BCUT2D eigenvalue weighted by molar-refractivity contribution is 6.34. The summed E-state index contributed by atoms with van der Waals surface area (Å²) < 4.78 is 4.98. The SMILES string of the molecule is COCCN(C(=O)c1cc(Cl)nnc1Cl)C(C)C. The first-order chi connectivity index (χ1) is 8.47. The Kier molecular flexibility index (Phi) is 5.78. The highest BCUT2D eigenvalue weighted by atomic mass is 35.5. The Balaban J connectivity index is 2.98. The molecule has 1 amide bonds. The van der Waals surface area contributed by atoms with E-state index in [1.807, 2.05) is 13.8 Å². The lowest BCUT2D eigenvalue weighted by molar-refractivity contribution is 0.0634. The monoisotopic (exact) mass is 291 g/mol. The summed E-state index contributed by atoms with van der Waals surface area (Å²) in [5.74, 6) is -0.233. The van der Waals surface area contributed by atoms with Gasteiger partial charge in [-0.3, -0.25) is 4.79 Å². The van der Waals surface area contributed by atoms with Crippen molar-refractivity contribution in [1.29, 1.82) is 0 Å². The van der Waals surface area contributed by atoms with Crippen molar-refractivity contribution in [3.8, 4) is 0 Å². The maximum Gasteiger partial charge on any atom is 0.257 e. The molecule has 0 aromatic carbocycles. The van der Waals surface area contributed by atoms with Gasteiger partial charge in [-0.2, -0.15) is 0 Å². The van der Waals surface area contributed by atoms with Gasteiger partial charge in [0.15, 0.2) is 10.3 Å². The van der Waals surface area contributed by atoms with Crippen molar-refractivity contribution >= 4 is 29.1 Å². The van der Waals surface area contributed by atoms with Crippen LogP contribution >= 0.6 is 23.2 Å². The lowest BCUT2D eigenvalue weighted by Crippen LogP contribution is -2.39. The maximum atomic E-state index is 12.3. The van der Waals surface area contributed by atoms with E-state index in [2.05, 4.69) is 10.2 Å². The summed E-state index contributed by atoms with van der Waals surface area (Å²) >= 11 is 11.6. The normalized spacial score (nSPS) is 10.8. The zero-order valence-electron chi connectivity index (χ0n) is 10.5. The predicted octanol–water partition coefficient (Wildman–Crippen LogP) is 2.28. The van der Waals surface area contributed by atoms with E-state index >= 15 is 0 Å². The first kappa shape index (κ1) is 15.1. The van der Waals surface area contributed by atoms with Crippen LogP contribution in [0.4, 0.5) is 0 Å². The Labute approximate surface area is 116 Å². The number of rotatable bonds is 5. The molecular weight excluding hydrogens is 277 g/mol. The van der Waals surface area contributed by atoms with Gasteiger partial charge >= 0.3 is 0 Å². The van der Waals surface area contributed by atoms with Crippen molar-refractivity contribution in [2.75, 3.05) is 20.3 Å². The molecule has 0 saturated carbocycles. The number of aromatic nitrogens is 2. The van der Waals surface area contributed by atoms with Crippen molar-refractivity contribution in [3.05, 3.63) is 21.9 Å². The molecule has 0 N–H and O–H groups in total. The molecule has 0 aliphatic carbocycles. The molecule has 0 bridgehead atoms. The Morgan fingerprint density at radius 2 is 2.11 bits per heavy atom. The van der Waals surface area contributed by atoms with E-state index in [9.17, 15) is 4.79 Å². The second-order valence-corrected chi connectivity index (χ2v) is 4.70. The molecule has 5 nitrogen and oxygen atoms in total. The summed E-state index contributed by atoms with van der Waals surface area (Å²) in [6.45, 7) is 4.76. The Bertz CT molecular complexity index is 427. The molecule has 0 aliphatic heterocycles. The van der Waals surface area contributed by atoms with Crippen LogP contribution in [0, 0.1) is 0 Å². The number of hydrogen-bond donors (Lipinski definition) is 0. The first-order valence-electron chi connectivity index (χ1n) is 5.46. The Morgan fingerprint density at radius 3 is 2.67 bits per heavy atom. The lowest BCUT2D eigenvalue weighted by Gasteiger charge is -2.26. The number of methoxy groups -OCH3 is 1. The number of carbonyl (C=O) groups excluding carboxylic acids is 1. The van der Waals surface area contributed by atoms with Gasteiger partial charge < -0.3 is 9.64 Å². The van der Waals surface area contributed by atoms with Crippen LogP contribution in [0.3, 0.4) is 0 Å². The maximum absolute atomic E-state index is 12.3. The van der Waals surface area contributed by atoms with E-state index in [0.29, 0.717) is 13.2 Å². The number of ether oxygens (including phenoxy) is 1. The molecule has 100 valence electrons. The fourth-order valence-electron chi connectivity index (χ4n) is 1.44. The van der Waals surface area contributed by atoms with Gasteiger partial charge in [0.25, 0.3) is 5.91 Å². The second-order valence-electron chi connectivity index (χ2n) is 3.96. The molecule has 0 saturated heterocycles. The smallest absolute Gasteiger partial charge is 0.257 e. The van der Waals surface area contributed by atoms with Crippen molar-refractivity contribution in [2.24, 2.45) is 0 Å². The summed E-state index contributed by atoms with van der Waals surface area (Å²) in [6.07, 6.45) is 0. The number of carbonyl (C=O) groups is 1. The molecule has 18 heavy (non-hydrogen) atoms. The molecule has 0 radical (unpaired) electrons. The van der Waals surface area contributed by atoms with Crippen LogP contribution in [0.2, 0.25) is 10.3 Å². The van der Waals surface area contributed by atoms with Crippen molar-refractivity contribution < 1.29 is 9.53 Å². The highest BCUT2D eigenvalue weighted by Crippen LogP contribution is 2.18. The van der Waals surface area contributed by atoms with Crippen molar-refractivity contribution in [1.82, 2.24) is 15.1 Å². The molecule has 1 heterocycles. The standard InChI is InChI=1S/C11H15Cl2N3O2/c1-7(2)16(4-5-18-3)11(17)8-6-9(12)14-15-10(8)13/h6-7H,4-5H2,1-3H3. The van der Waals surface area contributed by atoms with Crippen LogP contribution in [0.15, 0.2) is 6.07 Å². The molecule has 1 aromatic heterocycles. The van der Waals surface area contributed by atoms with E-state index < -0.39 is 0 Å². The van der Waals surface area contributed by atoms with E-state index in [1.165, 1.54) is 6.07 Å². The number of nitrogens with zero attached hydrogens (tertiary/aromatic N) is 3. The van der Waals surface area contributed by atoms with Gasteiger partial charge in [-0.15, -0.1) is 10.2 Å². The fraction of sp³-hybridized carbons (Fsp3) is 0.545. The molecule has 0 spiro atoms. The summed E-state index contributed by atoms with van der Waals surface area (Å²) in [5.41, 5.74) is 0.251. The van der Waals surface area contributed by atoms with Gasteiger partial charge in [0.2, 0.25) is 0 Å². The van der Waals surface area contributed by atoms with Crippen LogP contribution in [0.1, 0.15) is 24.2 Å². The van der Waals surface area contributed by atoms with Crippen LogP contribution in [-0.2, 0) is 4.74 Å². The summed E-state index contributed by atoms with van der Waals surface area (Å²) in [4.78, 5) is 14.0. The summed E-state index contributed by atoms with van der Waals surface area (Å²) in [5, 5.41) is 7.39. The first-order valence-corrected chi connectivity index (χ1v) is 6.21. The minimum absolute atomic E-state index is 0.0238. The zero-order valence-corrected chi connectivity index (χ0v) is 12.0. The van der Waals surface area contributed by atoms with Gasteiger partial charge in [-0.25, -0.2) is 0 Å². The van der Waals surface area contributed by atoms with E-state index in [-0.39, 0.29) is 27.8 Å². The third-order valence-corrected chi connectivity index (χ3v) is 2.83. The van der Waals surface area contributed by atoms with Gasteiger partial charge in [0.05, 0.1) is 12.2 Å². The van der Waals surface area contributed by atoms with Crippen LogP contribution in [-0.4, -0.2) is 47.3 Å². The molecule has 1 aromatic rings. The van der Waals surface area contributed by atoms with Crippen LogP contribution in [0.25, 0.3) is 0 Å². The largest absolute Gasteiger partial charge is 0.383 e. The number of hydrogen-bond acceptors (Lipinski definition) is 4. The van der Waals surface area contributed by atoms with Crippen LogP contribution < -0.4 is 0 Å². The third kappa shape index (κ3) is 3.80. The molecule has 0 atom stereocenters. The Hall–Kier alpha value is -0.910. The third-order valence-electron chi connectivity index (χ3n) is 2.37. The van der Waals surface area contributed by atoms with E-state index in [0.717, 1.165) is 0 Å². The van der Waals surface area contributed by atoms with Gasteiger partial charge in [-0.05, 0) is 19.9 Å². The molecule has 0 aliphatic rings. The summed E-state index contributed by atoms with van der Waals surface area (Å²) in [7, 11) is 1.58.